The summed E-state index contributed by atoms with van der Waals surface area (Å²) in [6.07, 6.45) is 1.84. The Hall–Kier alpha value is -3.16. The number of hydrogen-bond donors (Lipinski definition) is 1. The fraction of sp³-hybridized carbons (Fsp3) is 0.214. The van der Waals surface area contributed by atoms with Crippen molar-refractivity contribution in [2.75, 3.05) is 23.9 Å². The third-order valence-electron chi connectivity index (χ3n) is 6.62. The molecule has 0 amide bonds. The summed E-state index contributed by atoms with van der Waals surface area (Å²) in [6.45, 7) is 4.36. The van der Waals surface area contributed by atoms with E-state index < -0.39 is 0 Å². The van der Waals surface area contributed by atoms with Crippen molar-refractivity contribution in [1.29, 1.82) is 0 Å². The molecule has 178 valence electrons. The van der Waals surface area contributed by atoms with Crippen LogP contribution in [0.2, 0.25) is 0 Å². The lowest BCUT2D eigenvalue weighted by molar-refractivity contribution is 0.565. The van der Waals surface area contributed by atoms with E-state index in [2.05, 4.69) is 129 Å². The molecule has 0 radical (unpaired) electrons. The molecule has 1 fully saturated rings. The summed E-state index contributed by atoms with van der Waals surface area (Å²) in [5.74, 6) is 0. The van der Waals surface area contributed by atoms with Crippen LogP contribution in [0.4, 0.5) is 11.4 Å². The van der Waals surface area contributed by atoms with Gasteiger partial charge in [-0.15, -0.1) is 0 Å². The van der Waals surface area contributed by atoms with E-state index in [1.165, 1.54) is 22.6 Å². The molecule has 0 unspecified atom stereocenters. The van der Waals surface area contributed by atoms with Crippen molar-refractivity contribution in [2.45, 2.75) is 25.9 Å². The Kier molecular flexibility index (Phi) is 6.38. The Bertz CT molecular complexity index is 1350. The van der Waals surface area contributed by atoms with E-state index in [1.54, 1.807) is 0 Å². The summed E-state index contributed by atoms with van der Waals surface area (Å²) < 4.78 is 3.36. The first kappa shape index (κ1) is 23.6. The Labute approximate surface area is 220 Å². The molecule has 1 saturated heterocycles. The van der Waals surface area contributed by atoms with Crippen molar-refractivity contribution in [3.8, 4) is 5.69 Å². The topological polar surface area (TPSA) is 36.3 Å². The summed E-state index contributed by atoms with van der Waals surface area (Å²) in [7, 11) is 4.12. The first-order valence-electron chi connectivity index (χ1n) is 11.6. The van der Waals surface area contributed by atoms with Crippen LogP contribution in [0.1, 0.15) is 34.7 Å². The Balaban J connectivity index is 1.64. The van der Waals surface area contributed by atoms with Crippen molar-refractivity contribution in [3.63, 3.8) is 0 Å². The van der Waals surface area contributed by atoms with Crippen molar-refractivity contribution >= 4 is 44.6 Å². The number of aromatic nitrogens is 2. The zero-order valence-electron chi connectivity index (χ0n) is 20.2. The van der Waals surface area contributed by atoms with Gasteiger partial charge in [0.2, 0.25) is 0 Å². The maximum atomic E-state index is 5.89. The smallest absolute Gasteiger partial charge is 0.174 e. The van der Waals surface area contributed by atoms with Gasteiger partial charge < -0.3 is 19.7 Å². The van der Waals surface area contributed by atoms with Crippen LogP contribution < -0.4 is 15.1 Å². The van der Waals surface area contributed by atoms with Gasteiger partial charge >= 0.3 is 0 Å². The average molecular weight is 547 g/mol. The summed E-state index contributed by atoms with van der Waals surface area (Å²) in [6, 6.07) is 25.2. The van der Waals surface area contributed by atoms with E-state index >= 15 is 0 Å². The number of rotatable bonds is 5. The van der Waals surface area contributed by atoms with Gasteiger partial charge in [-0.05, 0) is 98.4 Å². The largest absolute Gasteiger partial charge is 0.378 e. The molecule has 2 atom stereocenters. The molecule has 3 heterocycles. The van der Waals surface area contributed by atoms with Gasteiger partial charge in [-0.1, -0.05) is 22.0 Å². The first-order chi connectivity index (χ1) is 16.8. The molecule has 5 rings (SSSR count). The first-order valence-corrected chi connectivity index (χ1v) is 12.8. The second-order valence-electron chi connectivity index (χ2n) is 9.05. The van der Waals surface area contributed by atoms with E-state index in [0.29, 0.717) is 5.11 Å². The average Bonchev–Trinajstić information content (AvgIpc) is 3.35. The Morgan fingerprint density at radius 2 is 1.63 bits per heavy atom. The van der Waals surface area contributed by atoms with E-state index in [-0.39, 0.29) is 12.1 Å². The molecule has 7 heteroatoms. The molecule has 2 aromatic carbocycles. The third-order valence-corrected chi connectivity index (χ3v) is 7.46. The standard InChI is InChI=1S/C28H28BrN5S/c1-18-17-24(19(2)33(18)22-14-12-21(13-15-22)32(3)4)27-26(25-7-5-6-16-30-25)31-28(35)34(27)23-10-8-20(29)9-11-23/h5-17,26-27H,1-4H3,(H,31,35)/t26-,27-/m0/s1. The fourth-order valence-electron chi connectivity index (χ4n) is 4.93. The lowest BCUT2D eigenvalue weighted by Crippen LogP contribution is -2.29. The number of nitrogens with zero attached hydrogens (tertiary/aromatic N) is 4. The molecule has 1 aliphatic rings. The number of aryl methyl sites for hydroxylation is 1. The van der Waals surface area contributed by atoms with Gasteiger partial charge in [-0.25, -0.2) is 0 Å². The van der Waals surface area contributed by atoms with Crippen LogP contribution in [0.15, 0.2) is 83.5 Å². The van der Waals surface area contributed by atoms with Gasteiger partial charge in [0.05, 0.1) is 17.8 Å². The normalized spacial score (nSPS) is 17.5. The molecular weight excluding hydrogens is 518 g/mol. The Morgan fingerprint density at radius 1 is 0.943 bits per heavy atom. The number of benzene rings is 2. The number of halogens is 1. The monoisotopic (exact) mass is 545 g/mol. The van der Waals surface area contributed by atoms with Crippen LogP contribution in [-0.4, -0.2) is 28.8 Å². The lowest BCUT2D eigenvalue weighted by Gasteiger charge is -2.28. The minimum atomic E-state index is -0.0718. The quantitative estimate of drug-likeness (QED) is 0.290. The molecule has 1 N–H and O–H groups in total. The minimum absolute atomic E-state index is 0.0421. The zero-order valence-corrected chi connectivity index (χ0v) is 22.6. The van der Waals surface area contributed by atoms with Gasteiger partial charge in [0.1, 0.15) is 0 Å². The number of thiocarbonyl (C=S) groups is 1. The highest BCUT2D eigenvalue weighted by Gasteiger charge is 2.42. The highest BCUT2D eigenvalue weighted by Crippen LogP contribution is 2.44. The minimum Gasteiger partial charge on any atom is -0.378 e. The van der Waals surface area contributed by atoms with Gasteiger partial charge in [-0.3, -0.25) is 4.98 Å². The summed E-state index contributed by atoms with van der Waals surface area (Å²) in [4.78, 5) is 9.03. The van der Waals surface area contributed by atoms with Gasteiger partial charge in [0, 0.05) is 53.2 Å². The van der Waals surface area contributed by atoms with E-state index in [9.17, 15) is 0 Å². The Morgan fingerprint density at radius 3 is 2.26 bits per heavy atom. The van der Waals surface area contributed by atoms with Crippen molar-refractivity contribution in [1.82, 2.24) is 14.9 Å². The van der Waals surface area contributed by atoms with E-state index in [4.69, 9.17) is 12.2 Å². The van der Waals surface area contributed by atoms with Crippen LogP contribution >= 0.6 is 28.1 Å². The highest BCUT2D eigenvalue weighted by atomic mass is 79.9. The van der Waals surface area contributed by atoms with E-state index in [0.717, 1.165) is 21.5 Å². The maximum absolute atomic E-state index is 5.89. The highest BCUT2D eigenvalue weighted by molar-refractivity contribution is 9.10. The molecule has 4 aromatic rings. The summed E-state index contributed by atoms with van der Waals surface area (Å²) in [5, 5.41) is 4.27. The second-order valence-corrected chi connectivity index (χ2v) is 10.3. The third kappa shape index (κ3) is 4.34. The van der Waals surface area contributed by atoms with Crippen LogP contribution in [-0.2, 0) is 0 Å². The molecule has 1 aliphatic heterocycles. The van der Waals surface area contributed by atoms with Crippen LogP contribution in [0, 0.1) is 13.8 Å². The molecule has 0 spiro atoms. The predicted molar refractivity (Wildman–Crippen MR) is 152 cm³/mol. The maximum Gasteiger partial charge on any atom is 0.174 e. The number of pyridine rings is 1. The molecule has 0 aliphatic carbocycles. The van der Waals surface area contributed by atoms with Crippen LogP contribution in [0.5, 0.6) is 0 Å². The van der Waals surface area contributed by atoms with E-state index in [1.807, 2.05) is 18.3 Å². The molecule has 2 aromatic heterocycles. The predicted octanol–water partition coefficient (Wildman–Crippen LogP) is 6.49. The number of hydrogen-bond acceptors (Lipinski definition) is 3. The molecule has 5 nitrogen and oxygen atoms in total. The number of anilines is 2. The van der Waals surface area contributed by atoms with Crippen molar-refractivity contribution < 1.29 is 0 Å². The summed E-state index contributed by atoms with van der Waals surface area (Å²) >= 11 is 9.45. The van der Waals surface area contributed by atoms with Crippen molar-refractivity contribution in [3.05, 3.63) is 106 Å². The van der Waals surface area contributed by atoms with Gasteiger partial charge in [0.15, 0.2) is 5.11 Å². The van der Waals surface area contributed by atoms with Crippen molar-refractivity contribution in [2.24, 2.45) is 0 Å². The molecule has 35 heavy (non-hydrogen) atoms. The fourth-order valence-corrected chi connectivity index (χ4v) is 5.55. The van der Waals surface area contributed by atoms with Crippen LogP contribution in [0.25, 0.3) is 5.69 Å². The number of nitrogens with one attached hydrogen (secondary N) is 1. The molecule has 0 bridgehead atoms. The SMILES string of the molecule is Cc1cc([C@H]2[C@H](c3ccccn3)NC(=S)N2c2ccc(Br)cc2)c(C)n1-c1ccc(N(C)C)cc1. The van der Waals surface area contributed by atoms with Gasteiger partial charge in [0.25, 0.3) is 0 Å². The molecular formula is C28H28BrN5S. The zero-order chi connectivity index (χ0) is 24.7. The second kappa shape index (κ2) is 9.47. The van der Waals surface area contributed by atoms with Gasteiger partial charge in [-0.2, -0.15) is 0 Å². The molecule has 0 saturated carbocycles. The summed E-state index contributed by atoms with van der Waals surface area (Å²) in [5.41, 5.74) is 7.95. The lowest BCUT2D eigenvalue weighted by atomic mass is 9.96. The van der Waals surface area contributed by atoms with Crippen LogP contribution in [0.3, 0.4) is 0 Å².